The van der Waals surface area contributed by atoms with Crippen LogP contribution in [0.4, 0.5) is 14.9 Å². The number of hydrogen-bond donors (Lipinski definition) is 2. The van der Waals surface area contributed by atoms with E-state index in [1.807, 2.05) is 0 Å². The molecule has 0 aromatic carbocycles. The lowest BCUT2D eigenvalue weighted by atomic mass is 9.82. The normalized spacial score (nSPS) is 28.8. The monoisotopic (exact) mass is 279 g/mol. The highest BCUT2D eigenvalue weighted by atomic mass is 19.1. The molecule has 3 rings (SSSR count). The third-order valence-electron chi connectivity index (χ3n) is 4.12. The number of nitrogens with one attached hydrogen (secondary N) is 2. The average molecular weight is 279 g/mol. The zero-order chi connectivity index (χ0) is 13.9. The molecule has 1 aliphatic heterocycles. The van der Waals surface area contributed by atoms with Crippen LogP contribution in [0, 0.1) is 11.7 Å². The third kappa shape index (κ3) is 2.75. The summed E-state index contributed by atoms with van der Waals surface area (Å²) in [5.41, 5.74) is 0.146. The number of halogens is 1. The van der Waals surface area contributed by atoms with Crippen LogP contribution in [0.1, 0.15) is 25.7 Å². The van der Waals surface area contributed by atoms with E-state index in [0.717, 1.165) is 38.5 Å². The Bertz CT molecular complexity index is 497. The molecule has 1 aliphatic carbocycles. The van der Waals surface area contributed by atoms with Gasteiger partial charge in [0.15, 0.2) is 5.82 Å². The van der Waals surface area contributed by atoms with E-state index in [0.29, 0.717) is 5.92 Å². The lowest BCUT2D eigenvalue weighted by Crippen LogP contribution is -2.47. The molecule has 0 spiro atoms. The van der Waals surface area contributed by atoms with Crippen molar-refractivity contribution >= 4 is 11.7 Å². The molecule has 0 bridgehead atoms. The maximum absolute atomic E-state index is 13.4. The molecular weight excluding hydrogens is 261 g/mol. The van der Waals surface area contributed by atoms with Crippen LogP contribution < -0.4 is 10.6 Å². The molecular formula is C14H18FN3O2. The zero-order valence-corrected chi connectivity index (χ0v) is 11.1. The Hall–Kier alpha value is -1.69. The number of carbonyl (C=O) groups is 1. The molecule has 3 atom stereocenters. The summed E-state index contributed by atoms with van der Waals surface area (Å²) in [5, 5.41) is 5.48. The Balaban J connectivity index is 1.60. The van der Waals surface area contributed by atoms with Gasteiger partial charge in [-0.3, -0.25) is 4.98 Å². The molecule has 2 amide bonds. The van der Waals surface area contributed by atoms with Gasteiger partial charge in [-0.05, 0) is 31.7 Å². The Kier molecular flexibility index (Phi) is 3.82. The highest BCUT2D eigenvalue weighted by Gasteiger charge is 2.38. The standard InChI is InChI=1S/C14H18FN3O2/c15-10-8-16-6-4-12(10)18-14(19)17-11-2-1-3-13-9(11)5-7-20-13/h4,6,8-9,11,13H,1-3,5,7H2,(H2,16,17,18,19). The van der Waals surface area contributed by atoms with Gasteiger partial charge in [-0.2, -0.15) is 0 Å². The number of pyridine rings is 1. The summed E-state index contributed by atoms with van der Waals surface area (Å²) in [6, 6.07) is 1.19. The van der Waals surface area contributed by atoms with Gasteiger partial charge in [-0.1, -0.05) is 0 Å². The van der Waals surface area contributed by atoms with Crippen LogP contribution in [0.25, 0.3) is 0 Å². The predicted octanol–water partition coefficient (Wildman–Crippen LogP) is 2.30. The number of carbonyl (C=O) groups excluding carboxylic acids is 1. The minimum atomic E-state index is -0.534. The van der Waals surface area contributed by atoms with Crippen molar-refractivity contribution in [3.63, 3.8) is 0 Å². The van der Waals surface area contributed by atoms with Crippen molar-refractivity contribution in [3.8, 4) is 0 Å². The number of aromatic nitrogens is 1. The van der Waals surface area contributed by atoms with Crippen LogP contribution in [0.5, 0.6) is 0 Å². The zero-order valence-electron chi connectivity index (χ0n) is 11.1. The van der Waals surface area contributed by atoms with Crippen LogP contribution in [-0.4, -0.2) is 29.8 Å². The summed E-state index contributed by atoms with van der Waals surface area (Å²) >= 11 is 0. The van der Waals surface area contributed by atoms with Crippen molar-refractivity contribution in [2.45, 2.75) is 37.8 Å². The van der Waals surface area contributed by atoms with E-state index in [9.17, 15) is 9.18 Å². The second kappa shape index (κ2) is 5.75. The van der Waals surface area contributed by atoms with E-state index in [-0.39, 0.29) is 23.9 Å². The summed E-state index contributed by atoms with van der Waals surface area (Å²) in [4.78, 5) is 15.6. The lowest BCUT2D eigenvalue weighted by molar-refractivity contribution is 0.0553. The second-order valence-corrected chi connectivity index (χ2v) is 5.35. The van der Waals surface area contributed by atoms with Crippen LogP contribution in [0.3, 0.4) is 0 Å². The number of nitrogens with zero attached hydrogens (tertiary/aromatic N) is 1. The SMILES string of the molecule is O=C(Nc1ccncc1F)NC1CCCC2OCCC12. The molecule has 6 heteroatoms. The Morgan fingerprint density at radius 2 is 2.30 bits per heavy atom. The van der Waals surface area contributed by atoms with E-state index in [2.05, 4.69) is 15.6 Å². The number of amides is 2. The molecule has 5 nitrogen and oxygen atoms in total. The largest absolute Gasteiger partial charge is 0.378 e. The van der Waals surface area contributed by atoms with Crippen molar-refractivity contribution in [1.29, 1.82) is 0 Å². The molecule has 2 heterocycles. The van der Waals surface area contributed by atoms with Crippen LogP contribution >= 0.6 is 0 Å². The maximum atomic E-state index is 13.4. The Labute approximate surface area is 116 Å². The van der Waals surface area contributed by atoms with Gasteiger partial charge in [0.25, 0.3) is 0 Å². The van der Waals surface area contributed by atoms with Gasteiger partial charge in [0.2, 0.25) is 0 Å². The van der Waals surface area contributed by atoms with Gasteiger partial charge in [0.05, 0.1) is 18.0 Å². The third-order valence-corrected chi connectivity index (χ3v) is 4.12. The summed E-state index contributed by atoms with van der Waals surface area (Å²) < 4.78 is 19.1. The first-order valence-electron chi connectivity index (χ1n) is 7.02. The Morgan fingerprint density at radius 1 is 1.40 bits per heavy atom. The number of fused-ring (bicyclic) bond motifs is 1. The molecule has 20 heavy (non-hydrogen) atoms. The molecule has 1 saturated carbocycles. The van der Waals surface area contributed by atoms with E-state index in [1.165, 1.54) is 12.3 Å². The van der Waals surface area contributed by atoms with Crippen molar-refractivity contribution < 1.29 is 13.9 Å². The van der Waals surface area contributed by atoms with Crippen molar-refractivity contribution in [2.24, 2.45) is 5.92 Å². The molecule has 2 N–H and O–H groups in total. The van der Waals surface area contributed by atoms with Crippen LogP contribution in [-0.2, 0) is 4.74 Å². The number of ether oxygens (including phenoxy) is 1. The van der Waals surface area contributed by atoms with Crippen LogP contribution in [0.15, 0.2) is 18.5 Å². The van der Waals surface area contributed by atoms with E-state index >= 15 is 0 Å². The number of anilines is 1. The van der Waals surface area contributed by atoms with Gasteiger partial charge >= 0.3 is 6.03 Å². The fraction of sp³-hybridized carbons (Fsp3) is 0.571. The topological polar surface area (TPSA) is 63.2 Å². The summed E-state index contributed by atoms with van der Waals surface area (Å²) in [6.45, 7) is 0.772. The number of urea groups is 1. The first-order valence-corrected chi connectivity index (χ1v) is 7.02. The predicted molar refractivity (Wildman–Crippen MR) is 71.8 cm³/mol. The van der Waals surface area contributed by atoms with Gasteiger partial charge in [0, 0.05) is 24.8 Å². The van der Waals surface area contributed by atoms with E-state index < -0.39 is 5.82 Å². The quantitative estimate of drug-likeness (QED) is 0.873. The molecule has 3 unspecified atom stereocenters. The average Bonchev–Trinajstić information content (AvgIpc) is 2.91. The van der Waals surface area contributed by atoms with Crippen molar-refractivity contribution in [3.05, 3.63) is 24.3 Å². The summed E-state index contributed by atoms with van der Waals surface area (Å²) in [6.07, 6.45) is 6.86. The Morgan fingerprint density at radius 3 is 3.15 bits per heavy atom. The smallest absolute Gasteiger partial charge is 0.319 e. The van der Waals surface area contributed by atoms with Gasteiger partial charge in [-0.25, -0.2) is 9.18 Å². The molecule has 0 radical (unpaired) electrons. The minimum absolute atomic E-state index is 0.112. The fourth-order valence-electron chi connectivity index (χ4n) is 3.16. The summed E-state index contributed by atoms with van der Waals surface area (Å²) in [7, 11) is 0. The number of rotatable bonds is 2. The second-order valence-electron chi connectivity index (χ2n) is 5.35. The van der Waals surface area contributed by atoms with Crippen molar-refractivity contribution in [2.75, 3.05) is 11.9 Å². The highest BCUT2D eigenvalue weighted by molar-refractivity contribution is 5.89. The number of hydrogen-bond acceptors (Lipinski definition) is 3. The van der Waals surface area contributed by atoms with Gasteiger partial charge in [-0.15, -0.1) is 0 Å². The maximum Gasteiger partial charge on any atom is 0.319 e. The van der Waals surface area contributed by atoms with Crippen LogP contribution in [0.2, 0.25) is 0 Å². The van der Waals surface area contributed by atoms with Gasteiger partial charge in [0.1, 0.15) is 0 Å². The lowest BCUT2D eigenvalue weighted by Gasteiger charge is -2.33. The molecule has 1 aromatic rings. The first kappa shape index (κ1) is 13.3. The fourth-order valence-corrected chi connectivity index (χ4v) is 3.16. The molecule has 2 fully saturated rings. The highest BCUT2D eigenvalue weighted by Crippen LogP contribution is 2.34. The van der Waals surface area contributed by atoms with Gasteiger partial charge < -0.3 is 15.4 Å². The van der Waals surface area contributed by atoms with Crippen molar-refractivity contribution in [1.82, 2.24) is 10.3 Å². The molecule has 2 aliphatic rings. The molecule has 1 aromatic heterocycles. The molecule has 1 saturated heterocycles. The summed E-state index contributed by atoms with van der Waals surface area (Å²) in [5.74, 6) is -0.148. The van der Waals surface area contributed by atoms with E-state index in [4.69, 9.17) is 4.74 Å². The minimum Gasteiger partial charge on any atom is -0.378 e. The first-order chi connectivity index (χ1) is 9.74. The van der Waals surface area contributed by atoms with E-state index in [1.54, 1.807) is 0 Å². The molecule has 108 valence electrons.